The maximum atomic E-state index is 12.2. The van der Waals surface area contributed by atoms with Crippen molar-refractivity contribution in [2.75, 3.05) is 33.4 Å². The first-order valence-electron chi connectivity index (χ1n) is 6.02. The van der Waals surface area contributed by atoms with E-state index >= 15 is 0 Å². The third-order valence-corrected chi connectivity index (χ3v) is 3.11. The molecule has 0 radical (unpaired) electrons. The van der Waals surface area contributed by atoms with E-state index in [1.165, 1.54) is 0 Å². The number of hydrogen-bond donors (Lipinski definition) is 1. The normalized spacial score (nSPS) is 26.5. The van der Waals surface area contributed by atoms with E-state index in [1.807, 2.05) is 6.92 Å². The summed E-state index contributed by atoms with van der Waals surface area (Å²) in [6.07, 6.45) is -3.99. The molecule has 0 saturated carbocycles. The van der Waals surface area contributed by atoms with Crippen molar-refractivity contribution in [2.45, 2.75) is 38.0 Å². The highest BCUT2D eigenvalue weighted by atomic mass is 19.4. The van der Waals surface area contributed by atoms with Gasteiger partial charge in [-0.2, -0.15) is 13.2 Å². The number of halogens is 3. The van der Waals surface area contributed by atoms with Gasteiger partial charge in [0.25, 0.3) is 0 Å². The second kappa shape index (κ2) is 6.56. The Morgan fingerprint density at radius 3 is 2.71 bits per heavy atom. The fourth-order valence-corrected chi connectivity index (χ4v) is 2.13. The monoisotopic (exact) mass is 254 g/mol. The van der Waals surface area contributed by atoms with Gasteiger partial charge in [0.1, 0.15) is 0 Å². The SMILES string of the molecule is CCNC1CCOCC1N(C)CCC(F)(F)F. The first kappa shape index (κ1) is 14.7. The molecule has 17 heavy (non-hydrogen) atoms. The van der Waals surface area contributed by atoms with Gasteiger partial charge in [0, 0.05) is 25.2 Å². The summed E-state index contributed by atoms with van der Waals surface area (Å²) in [5.74, 6) is 0. The van der Waals surface area contributed by atoms with Crippen LogP contribution in [0.15, 0.2) is 0 Å². The number of hydrogen-bond acceptors (Lipinski definition) is 3. The summed E-state index contributed by atoms with van der Waals surface area (Å²) >= 11 is 0. The Kier molecular flexibility index (Phi) is 5.69. The topological polar surface area (TPSA) is 24.5 Å². The molecule has 102 valence electrons. The zero-order chi connectivity index (χ0) is 12.9. The van der Waals surface area contributed by atoms with Gasteiger partial charge in [-0.25, -0.2) is 0 Å². The van der Waals surface area contributed by atoms with Crippen molar-refractivity contribution in [3.8, 4) is 0 Å². The number of nitrogens with zero attached hydrogens (tertiary/aromatic N) is 1. The molecule has 0 aromatic rings. The minimum atomic E-state index is -4.09. The molecule has 1 heterocycles. The van der Waals surface area contributed by atoms with Crippen molar-refractivity contribution >= 4 is 0 Å². The van der Waals surface area contributed by atoms with Crippen LogP contribution in [0.4, 0.5) is 13.2 Å². The van der Waals surface area contributed by atoms with Gasteiger partial charge in [0.2, 0.25) is 0 Å². The molecule has 0 amide bonds. The van der Waals surface area contributed by atoms with Crippen LogP contribution in [0.3, 0.4) is 0 Å². The second-order valence-electron chi connectivity index (χ2n) is 4.44. The molecular weight excluding hydrogens is 233 g/mol. The molecule has 0 aromatic carbocycles. The molecule has 0 aromatic heterocycles. The van der Waals surface area contributed by atoms with Gasteiger partial charge in [-0.05, 0) is 20.0 Å². The number of ether oxygens (including phenoxy) is 1. The van der Waals surface area contributed by atoms with Crippen LogP contribution < -0.4 is 5.32 Å². The molecule has 0 spiro atoms. The number of likely N-dealkylation sites (N-methyl/N-ethyl adjacent to an activating group) is 2. The quantitative estimate of drug-likeness (QED) is 0.807. The zero-order valence-corrected chi connectivity index (χ0v) is 10.4. The van der Waals surface area contributed by atoms with Crippen LogP contribution in [-0.2, 0) is 4.74 Å². The lowest BCUT2D eigenvalue weighted by molar-refractivity contribution is -0.140. The molecule has 1 N–H and O–H groups in total. The molecule has 2 atom stereocenters. The van der Waals surface area contributed by atoms with E-state index in [0.717, 1.165) is 13.0 Å². The highest BCUT2D eigenvalue weighted by Crippen LogP contribution is 2.21. The molecule has 1 rings (SSSR count). The van der Waals surface area contributed by atoms with E-state index in [1.54, 1.807) is 11.9 Å². The smallest absolute Gasteiger partial charge is 0.380 e. The van der Waals surface area contributed by atoms with E-state index < -0.39 is 12.6 Å². The molecule has 3 nitrogen and oxygen atoms in total. The Morgan fingerprint density at radius 2 is 2.12 bits per heavy atom. The first-order valence-corrected chi connectivity index (χ1v) is 6.02. The molecule has 6 heteroatoms. The van der Waals surface area contributed by atoms with Gasteiger partial charge in [-0.15, -0.1) is 0 Å². The van der Waals surface area contributed by atoms with Crippen molar-refractivity contribution in [2.24, 2.45) is 0 Å². The zero-order valence-electron chi connectivity index (χ0n) is 10.4. The van der Waals surface area contributed by atoms with Crippen LogP contribution in [-0.4, -0.2) is 56.5 Å². The Balaban J connectivity index is 2.44. The summed E-state index contributed by atoms with van der Waals surface area (Å²) in [6, 6.07) is 0.262. The Morgan fingerprint density at radius 1 is 1.41 bits per heavy atom. The van der Waals surface area contributed by atoms with Crippen LogP contribution in [0.1, 0.15) is 19.8 Å². The van der Waals surface area contributed by atoms with Gasteiger partial charge in [0.15, 0.2) is 0 Å². The average Bonchev–Trinajstić information content (AvgIpc) is 2.26. The standard InChI is InChI=1S/C11H21F3N2O/c1-3-15-9-4-7-17-8-10(9)16(2)6-5-11(12,13)14/h9-10,15H,3-8H2,1-2H3. The van der Waals surface area contributed by atoms with Crippen molar-refractivity contribution in [1.82, 2.24) is 10.2 Å². The third kappa shape index (κ3) is 5.23. The molecule has 1 fully saturated rings. The lowest BCUT2D eigenvalue weighted by atomic mass is 10.0. The number of rotatable bonds is 5. The van der Waals surface area contributed by atoms with E-state index in [0.29, 0.717) is 13.2 Å². The van der Waals surface area contributed by atoms with Crippen LogP contribution >= 0.6 is 0 Å². The first-order chi connectivity index (χ1) is 7.94. The van der Waals surface area contributed by atoms with Gasteiger partial charge in [-0.3, -0.25) is 4.90 Å². The van der Waals surface area contributed by atoms with E-state index in [2.05, 4.69) is 5.32 Å². The molecule has 0 aliphatic carbocycles. The van der Waals surface area contributed by atoms with Gasteiger partial charge >= 0.3 is 6.18 Å². The summed E-state index contributed by atoms with van der Waals surface area (Å²) < 4.78 is 41.8. The predicted octanol–water partition coefficient (Wildman–Crippen LogP) is 1.64. The second-order valence-corrected chi connectivity index (χ2v) is 4.44. The van der Waals surface area contributed by atoms with Crippen LogP contribution in [0.25, 0.3) is 0 Å². The fraction of sp³-hybridized carbons (Fsp3) is 1.00. The lowest BCUT2D eigenvalue weighted by Crippen LogP contribution is -2.54. The van der Waals surface area contributed by atoms with Crippen molar-refractivity contribution in [3.63, 3.8) is 0 Å². The summed E-state index contributed by atoms with van der Waals surface area (Å²) in [5, 5.41) is 3.31. The predicted molar refractivity (Wildman–Crippen MR) is 60.0 cm³/mol. The summed E-state index contributed by atoms with van der Waals surface area (Å²) in [4.78, 5) is 1.75. The fourth-order valence-electron chi connectivity index (χ4n) is 2.13. The highest BCUT2D eigenvalue weighted by molar-refractivity contribution is 4.86. The van der Waals surface area contributed by atoms with Gasteiger partial charge < -0.3 is 10.1 Å². The molecule has 0 bridgehead atoms. The molecule has 1 aliphatic heterocycles. The minimum Gasteiger partial charge on any atom is -0.380 e. The third-order valence-electron chi connectivity index (χ3n) is 3.11. The van der Waals surface area contributed by atoms with Crippen molar-refractivity contribution in [1.29, 1.82) is 0 Å². The Labute approximate surface area is 100 Å². The van der Waals surface area contributed by atoms with E-state index in [-0.39, 0.29) is 18.6 Å². The lowest BCUT2D eigenvalue weighted by Gasteiger charge is -2.38. The van der Waals surface area contributed by atoms with Crippen molar-refractivity contribution in [3.05, 3.63) is 0 Å². The van der Waals surface area contributed by atoms with E-state index in [4.69, 9.17) is 4.74 Å². The van der Waals surface area contributed by atoms with Crippen LogP contribution in [0.5, 0.6) is 0 Å². The van der Waals surface area contributed by atoms with Crippen LogP contribution in [0, 0.1) is 0 Å². The number of alkyl halides is 3. The summed E-state index contributed by atoms with van der Waals surface area (Å²) in [5.41, 5.74) is 0. The van der Waals surface area contributed by atoms with Gasteiger partial charge in [0.05, 0.1) is 13.0 Å². The minimum absolute atomic E-state index is 0.0272. The molecule has 1 saturated heterocycles. The Hall–Kier alpha value is -0.330. The van der Waals surface area contributed by atoms with Gasteiger partial charge in [-0.1, -0.05) is 6.92 Å². The van der Waals surface area contributed by atoms with E-state index in [9.17, 15) is 13.2 Å². The summed E-state index contributed by atoms with van der Waals surface area (Å²) in [7, 11) is 1.73. The highest BCUT2D eigenvalue weighted by Gasteiger charge is 2.32. The molecule has 1 aliphatic rings. The maximum absolute atomic E-state index is 12.2. The van der Waals surface area contributed by atoms with Crippen molar-refractivity contribution < 1.29 is 17.9 Å². The molecule has 2 unspecified atom stereocenters. The Bertz CT molecular complexity index is 221. The maximum Gasteiger partial charge on any atom is 0.390 e. The largest absolute Gasteiger partial charge is 0.390 e. The molecular formula is C11H21F3N2O. The average molecular weight is 254 g/mol. The summed E-state index contributed by atoms with van der Waals surface area (Å²) in [6.45, 7) is 4.04. The van der Waals surface area contributed by atoms with Crippen LogP contribution in [0.2, 0.25) is 0 Å². The number of nitrogens with one attached hydrogen (secondary N) is 1.